The van der Waals surface area contributed by atoms with Crippen molar-refractivity contribution in [2.24, 2.45) is 5.92 Å². The summed E-state index contributed by atoms with van der Waals surface area (Å²) in [7, 11) is 0. The van der Waals surface area contributed by atoms with E-state index in [1.807, 2.05) is 0 Å². The van der Waals surface area contributed by atoms with E-state index in [9.17, 15) is 4.79 Å². The highest BCUT2D eigenvalue weighted by atomic mass is 32.2. The lowest BCUT2D eigenvalue weighted by Gasteiger charge is -2.36. The van der Waals surface area contributed by atoms with Crippen LogP contribution in [0.25, 0.3) is 0 Å². The molecular formula is C22H28N4OS. The summed E-state index contributed by atoms with van der Waals surface area (Å²) in [5.41, 5.74) is 1.25. The Morgan fingerprint density at radius 2 is 1.64 bits per heavy atom. The number of anilines is 1. The summed E-state index contributed by atoms with van der Waals surface area (Å²) in [6.07, 6.45) is 8.90. The fraction of sp³-hybridized carbons (Fsp3) is 0.500. The van der Waals surface area contributed by atoms with Gasteiger partial charge in [-0.25, -0.2) is 9.97 Å². The van der Waals surface area contributed by atoms with E-state index in [0.717, 1.165) is 62.7 Å². The number of hydrogen-bond donors (Lipinski definition) is 0. The Bertz CT molecular complexity index is 796. The van der Waals surface area contributed by atoms with Gasteiger partial charge in [-0.2, -0.15) is 0 Å². The Labute approximate surface area is 171 Å². The average molecular weight is 397 g/mol. The van der Waals surface area contributed by atoms with Gasteiger partial charge in [0.15, 0.2) is 5.82 Å². The van der Waals surface area contributed by atoms with Gasteiger partial charge in [-0.3, -0.25) is 4.79 Å². The Morgan fingerprint density at radius 1 is 0.964 bits per heavy atom. The van der Waals surface area contributed by atoms with Crippen LogP contribution in [-0.2, 0) is 4.79 Å². The molecule has 2 fully saturated rings. The molecule has 0 radical (unpaired) electrons. The number of amides is 1. The van der Waals surface area contributed by atoms with Gasteiger partial charge in [0.25, 0.3) is 0 Å². The lowest BCUT2D eigenvalue weighted by molar-refractivity contribution is -0.137. The maximum Gasteiger partial charge on any atom is 0.225 e. The minimum Gasteiger partial charge on any atom is -0.354 e. The molecule has 0 unspecified atom stereocenters. The normalized spacial score (nSPS) is 18.3. The summed E-state index contributed by atoms with van der Waals surface area (Å²) in [6.45, 7) is 5.72. The van der Waals surface area contributed by atoms with Gasteiger partial charge in [-0.15, -0.1) is 0 Å². The quantitative estimate of drug-likeness (QED) is 0.776. The monoisotopic (exact) mass is 396 g/mol. The number of hydrogen-bond acceptors (Lipinski definition) is 5. The molecule has 2 saturated heterocycles. The standard InChI is InChI=1S/C22H28N4OS/c1-17-5-7-19(8-6-17)28-21-20(23-11-12-24-21)25-15-9-18(10-16-25)22(27)26-13-3-2-4-14-26/h5-8,11-12,18H,2-4,9-10,13-16H2,1H3. The number of nitrogens with zero attached hydrogens (tertiary/aromatic N) is 4. The predicted molar refractivity (Wildman–Crippen MR) is 113 cm³/mol. The first kappa shape index (κ1) is 19.2. The van der Waals surface area contributed by atoms with Crippen LogP contribution in [0, 0.1) is 12.8 Å². The largest absolute Gasteiger partial charge is 0.354 e. The summed E-state index contributed by atoms with van der Waals surface area (Å²) >= 11 is 1.66. The van der Waals surface area contributed by atoms with Crippen LogP contribution in [0.1, 0.15) is 37.7 Å². The number of rotatable bonds is 4. The Morgan fingerprint density at radius 3 is 2.36 bits per heavy atom. The number of aromatic nitrogens is 2. The topological polar surface area (TPSA) is 49.3 Å². The molecule has 0 bridgehead atoms. The molecule has 2 aliphatic heterocycles. The molecule has 1 aromatic carbocycles. The summed E-state index contributed by atoms with van der Waals surface area (Å²) in [5.74, 6) is 1.48. The van der Waals surface area contributed by atoms with Crippen LogP contribution in [0.5, 0.6) is 0 Å². The molecule has 0 atom stereocenters. The number of carbonyl (C=O) groups excluding carboxylic acids is 1. The molecule has 1 amide bonds. The molecule has 4 rings (SSSR count). The molecule has 5 nitrogen and oxygen atoms in total. The van der Waals surface area contributed by atoms with Crippen LogP contribution in [-0.4, -0.2) is 47.0 Å². The van der Waals surface area contributed by atoms with Gasteiger partial charge in [0.05, 0.1) is 0 Å². The van der Waals surface area contributed by atoms with Crippen molar-refractivity contribution in [1.29, 1.82) is 0 Å². The number of benzene rings is 1. The third-order valence-corrected chi connectivity index (χ3v) is 6.68. The second-order valence-corrected chi connectivity index (χ2v) is 8.81. The van der Waals surface area contributed by atoms with E-state index >= 15 is 0 Å². The average Bonchev–Trinajstić information content (AvgIpc) is 2.76. The Balaban J connectivity index is 1.40. The zero-order valence-corrected chi connectivity index (χ0v) is 17.3. The zero-order chi connectivity index (χ0) is 19.3. The highest BCUT2D eigenvalue weighted by molar-refractivity contribution is 7.99. The van der Waals surface area contributed by atoms with Crippen molar-refractivity contribution in [3.05, 3.63) is 42.2 Å². The van der Waals surface area contributed by atoms with Crippen LogP contribution < -0.4 is 4.90 Å². The van der Waals surface area contributed by atoms with Crippen LogP contribution in [0.3, 0.4) is 0 Å². The molecule has 0 aliphatic carbocycles. The van der Waals surface area contributed by atoms with Crippen molar-refractivity contribution in [3.8, 4) is 0 Å². The third-order valence-electron chi connectivity index (χ3n) is 5.69. The zero-order valence-electron chi connectivity index (χ0n) is 16.5. The number of carbonyl (C=O) groups is 1. The molecule has 148 valence electrons. The fourth-order valence-corrected chi connectivity index (χ4v) is 4.92. The van der Waals surface area contributed by atoms with E-state index in [-0.39, 0.29) is 5.92 Å². The smallest absolute Gasteiger partial charge is 0.225 e. The van der Waals surface area contributed by atoms with E-state index in [2.05, 4.69) is 51.0 Å². The van der Waals surface area contributed by atoms with Gasteiger partial charge in [0, 0.05) is 49.4 Å². The van der Waals surface area contributed by atoms with Gasteiger partial charge in [0.1, 0.15) is 5.03 Å². The minimum atomic E-state index is 0.166. The van der Waals surface area contributed by atoms with Gasteiger partial charge in [-0.05, 0) is 51.2 Å². The molecule has 0 N–H and O–H groups in total. The van der Waals surface area contributed by atoms with Gasteiger partial charge >= 0.3 is 0 Å². The van der Waals surface area contributed by atoms with Crippen LogP contribution in [0.4, 0.5) is 5.82 Å². The van der Waals surface area contributed by atoms with Crippen LogP contribution in [0.15, 0.2) is 46.6 Å². The predicted octanol–water partition coefficient (Wildman–Crippen LogP) is 4.17. The van der Waals surface area contributed by atoms with E-state index in [1.54, 1.807) is 24.2 Å². The lowest BCUT2D eigenvalue weighted by atomic mass is 9.94. The molecular weight excluding hydrogens is 368 g/mol. The molecule has 6 heteroatoms. The minimum absolute atomic E-state index is 0.166. The highest BCUT2D eigenvalue weighted by Gasteiger charge is 2.30. The number of piperidine rings is 2. The van der Waals surface area contributed by atoms with E-state index in [4.69, 9.17) is 0 Å². The maximum atomic E-state index is 12.8. The Kier molecular flexibility index (Phi) is 6.15. The summed E-state index contributed by atoms with van der Waals surface area (Å²) in [4.78, 5) is 27.6. The van der Waals surface area contributed by atoms with Crippen LogP contribution >= 0.6 is 11.8 Å². The van der Waals surface area contributed by atoms with Crippen molar-refractivity contribution in [1.82, 2.24) is 14.9 Å². The molecule has 1 aromatic heterocycles. The molecule has 3 heterocycles. The van der Waals surface area contributed by atoms with E-state index in [0.29, 0.717) is 5.91 Å². The van der Waals surface area contributed by atoms with Gasteiger partial charge in [-0.1, -0.05) is 29.5 Å². The second kappa shape index (κ2) is 8.95. The molecule has 2 aromatic rings. The molecule has 0 spiro atoms. The van der Waals surface area contributed by atoms with Crippen LogP contribution in [0.2, 0.25) is 0 Å². The second-order valence-electron chi connectivity index (χ2n) is 7.75. The van der Waals surface area contributed by atoms with E-state index < -0.39 is 0 Å². The SMILES string of the molecule is Cc1ccc(Sc2nccnc2N2CCC(C(=O)N3CCCCC3)CC2)cc1. The number of aryl methyl sites for hydroxylation is 1. The Hall–Kier alpha value is -2.08. The number of likely N-dealkylation sites (tertiary alicyclic amines) is 1. The van der Waals surface area contributed by atoms with E-state index in [1.165, 1.54) is 16.9 Å². The molecule has 0 saturated carbocycles. The maximum absolute atomic E-state index is 12.8. The van der Waals surface area contributed by atoms with Crippen molar-refractivity contribution in [3.63, 3.8) is 0 Å². The third kappa shape index (κ3) is 4.49. The summed E-state index contributed by atoms with van der Waals surface area (Å²) in [5, 5.41) is 0.937. The summed E-state index contributed by atoms with van der Waals surface area (Å²) in [6, 6.07) is 8.50. The molecule has 2 aliphatic rings. The van der Waals surface area contributed by atoms with Crippen molar-refractivity contribution < 1.29 is 4.79 Å². The van der Waals surface area contributed by atoms with Gasteiger partial charge in [0.2, 0.25) is 5.91 Å². The summed E-state index contributed by atoms with van der Waals surface area (Å²) < 4.78 is 0. The highest BCUT2D eigenvalue weighted by Crippen LogP contribution is 2.34. The van der Waals surface area contributed by atoms with Crippen molar-refractivity contribution >= 4 is 23.5 Å². The van der Waals surface area contributed by atoms with Crippen molar-refractivity contribution in [2.45, 2.75) is 48.9 Å². The first-order valence-corrected chi connectivity index (χ1v) is 11.1. The fourth-order valence-electron chi connectivity index (χ4n) is 4.04. The molecule has 28 heavy (non-hydrogen) atoms. The lowest BCUT2D eigenvalue weighted by Crippen LogP contribution is -2.44. The van der Waals surface area contributed by atoms with Gasteiger partial charge < -0.3 is 9.80 Å². The first-order valence-electron chi connectivity index (χ1n) is 10.3. The van der Waals surface area contributed by atoms with Crippen molar-refractivity contribution in [2.75, 3.05) is 31.1 Å². The first-order chi connectivity index (χ1) is 13.7.